The van der Waals surface area contributed by atoms with E-state index in [4.69, 9.17) is 0 Å². The van der Waals surface area contributed by atoms with Crippen molar-refractivity contribution in [3.63, 3.8) is 0 Å². The van der Waals surface area contributed by atoms with Gasteiger partial charge in [0.15, 0.2) is 5.82 Å². The van der Waals surface area contributed by atoms with Gasteiger partial charge in [-0.05, 0) is 37.8 Å². The van der Waals surface area contributed by atoms with Crippen LogP contribution in [0.2, 0.25) is 0 Å². The van der Waals surface area contributed by atoms with Crippen LogP contribution in [0.5, 0.6) is 0 Å². The smallest absolute Gasteiger partial charge is 0.293 e. The van der Waals surface area contributed by atoms with Crippen LogP contribution in [0.25, 0.3) is 0 Å². The molecular formula is C17H19N5O3. The van der Waals surface area contributed by atoms with Crippen molar-refractivity contribution >= 4 is 23.1 Å². The summed E-state index contributed by atoms with van der Waals surface area (Å²) in [4.78, 5) is 25.4. The van der Waals surface area contributed by atoms with Gasteiger partial charge in [0.2, 0.25) is 0 Å². The molecule has 2 aliphatic rings. The van der Waals surface area contributed by atoms with Gasteiger partial charge < -0.3 is 10.2 Å². The minimum Gasteiger partial charge on any atom is -0.366 e. The van der Waals surface area contributed by atoms with E-state index in [1.807, 2.05) is 11.0 Å². The maximum Gasteiger partial charge on any atom is 0.293 e. The van der Waals surface area contributed by atoms with Crippen LogP contribution < -0.4 is 10.2 Å². The fourth-order valence-corrected chi connectivity index (χ4v) is 3.23. The highest BCUT2D eigenvalue weighted by molar-refractivity contribution is 6.04. The lowest BCUT2D eigenvalue weighted by Crippen LogP contribution is -2.19. The molecule has 1 saturated carbocycles. The van der Waals surface area contributed by atoms with Gasteiger partial charge in [-0.1, -0.05) is 0 Å². The Bertz CT molecular complexity index is 821. The Hall–Kier alpha value is -2.90. The lowest BCUT2D eigenvalue weighted by Gasteiger charge is -2.17. The molecule has 0 atom stereocenters. The quantitative estimate of drug-likeness (QED) is 0.642. The first-order chi connectivity index (χ1) is 12.1. The third-order valence-corrected chi connectivity index (χ3v) is 4.74. The summed E-state index contributed by atoms with van der Waals surface area (Å²) in [6.07, 6.45) is 4.34. The van der Waals surface area contributed by atoms with Crippen molar-refractivity contribution in [2.45, 2.75) is 31.6 Å². The molecular weight excluding hydrogens is 322 g/mol. The van der Waals surface area contributed by atoms with Gasteiger partial charge in [0.05, 0.1) is 4.92 Å². The molecule has 25 heavy (non-hydrogen) atoms. The number of nitro benzene ring substituents is 1. The molecule has 8 nitrogen and oxygen atoms in total. The highest BCUT2D eigenvalue weighted by Crippen LogP contribution is 2.39. The van der Waals surface area contributed by atoms with Gasteiger partial charge in [-0.3, -0.25) is 20.0 Å². The highest BCUT2D eigenvalue weighted by atomic mass is 16.6. The number of aromatic nitrogens is 2. The maximum absolute atomic E-state index is 12.4. The summed E-state index contributed by atoms with van der Waals surface area (Å²) in [7, 11) is 0. The van der Waals surface area contributed by atoms with E-state index in [0.29, 0.717) is 17.4 Å². The number of nitro groups is 1. The Balaban J connectivity index is 1.54. The number of anilines is 2. The number of hydrogen-bond acceptors (Lipinski definition) is 5. The summed E-state index contributed by atoms with van der Waals surface area (Å²) in [6.45, 7) is 1.62. The average molecular weight is 341 g/mol. The number of aromatic amines is 1. The van der Waals surface area contributed by atoms with Crippen LogP contribution in [-0.4, -0.2) is 34.1 Å². The summed E-state index contributed by atoms with van der Waals surface area (Å²) in [5.41, 5.74) is 1.82. The number of carbonyl (C=O) groups is 1. The Labute approximate surface area is 144 Å². The third kappa shape index (κ3) is 3.19. The summed E-state index contributed by atoms with van der Waals surface area (Å²) in [6, 6.07) is 6.46. The van der Waals surface area contributed by atoms with Crippen LogP contribution in [0.15, 0.2) is 24.3 Å². The van der Waals surface area contributed by atoms with Crippen LogP contribution in [0.4, 0.5) is 17.2 Å². The molecule has 1 aromatic heterocycles. The van der Waals surface area contributed by atoms with Gasteiger partial charge >= 0.3 is 0 Å². The topological polar surface area (TPSA) is 104 Å². The van der Waals surface area contributed by atoms with Gasteiger partial charge in [0.1, 0.15) is 5.69 Å². The van der Waals surface area contributed by atoms with Crippen LogP contribution >= 0.6 is 0 Å². The zero-order valence-electron chi connectivity index (χ0n) is 13.7. The van der Waals surface area contributed by atoms with E-state index in [9.17, 15) is 14.9 Å². The van der Waals surface area contributed by atoms with Crippen LogP contribution in [0.3, 0.4) is 0 Å². The molecule has 1 aliphatic carbocycles. The third-order valence-electron chi connectivity index (χ3n) is 4.74. The van der Waals surface area contributed by atoms with E-state index in [0.717, 1.165) is 44.5 Å². The summed E-state index contributed by atoms with van der Waals surface area (Å²) in [5.74, 6) is 0.557. The molecule has 8 heteroatoms. The maximum atomic E-state index is 12.4. The molecule has 1 aromatic carbocycles. The molecule has 130 valence electrons. The lowest BCUT2D eigenvalue weighted by atomic mass is 10.1. The molecule has 0 spiro atoms. The predicted octanol–water partition coefficient (Wildman–Crippen LogP) is 3.05. The van der Waals surface area contributed by atoms with Crippen LogP contribution in [0, 0.1) is 10.1 Å². The lowest BCUT2D eigenvalue weighted by molar-refractivity contribution is -0.384. The van der Waals surface area contributed by atoms with Crippen molar-refractivity contribution < 1.29 is 9.72 Å². The van der Waals surface area contributed by atoms with Crippen LogP contribution in [0.1, 0.15) is 47.7 Å². The molecule has 2 fully saturated rings. The molecule has 1 saturated heterocycles. The first-order valence-electron chi connectivity index (χ1n) is 8.52. The van der Waals surface area contributed by atoms with Gasteiger partial charge in [0, 0.05) is 42.4 Å². The molecule has 2 N–H and O–H groups in total. The SMILES string of the molecule is O=C(Nc1cc(C2CC2)[nH]n1)c1ccc(N2CCCC2)c([N+](=O)[O-])c1. The Morgan fingerprint density at radius 3 is 2.72 bits per heavy atom. The zero-order valence-corrected chi connectivity index (χ0v) is 13.7. The number of rotatable bonds is 5. The fourth-order valence-electron chi connectivity index (χ4n) is 3.23. The first kappa shape index (κ1) is 15.6. The minimum atomic E-state index is -0.426. The van der Waals surface area contributed by atoms with E-state index < -0.39 is 10.8 Å². The molecule has 0 radical (unpaired) electrons. The number of carbonyl (C=O) groups excluding carboxylic acids is 1. The van der Waals surface area contributed by atoms with Gasteiger partial charge in [0.25, 0.3) is 11.6 Å². The molecule has 0 bridgehead atoms. The average Bonchev–Trinajstić information content (AvgIpc) is 3.11. The van der Waals surface area contributed by atoms with Crippen molar-refractivity contribution in [1.29, 1.82) is 0 Å². The highest BCUT2D eigenvalue weighted by Gasteiger charge is 2.26. The minimum absolute atomic E-state index is 0.0322. The number of hydrogen-bond donors (Lipinski definition) is 2. The van der Waals surface area contributed by atoms with E-state index in [1.54, 1.807) is 12.1 Å². The molecule has 0 unspecified atom stereocenters. The number of nitrogens with one attached hydrogen (secondary N) is 2. The van der Waals surface area contributed by atoms with Gasteiger partial charge in [-0.25, -0.2) is 0 Å². The van der Waals surface area contributed by atoms with Crippen LogP contribution in [-0.2, 0) is 0 Å². The van der Waals surface area contributed by atoms with Crippen molar-refractivity contribution in [1.82, 2.24) is 10.2 Å². The summed E-state index contributed by atoms with van der Waals surface area (Å²) < 4.78 is 0. The number of benzene rings is 1. The molecule has 1 aliphatic heterocycles. The molecule has 2 aromatic rings. The Kier molecular flexibility index (Phi) is 3.87. The summed E-state index contributed by atoms with van der Waals surface area (Å²) >= 11 is 0. The van der Waals surface area contributed by atoms with E-state index in [1.165, 1.54) is 6.07 Å². The second-order valence-electron chi connectivity index (χ2n) is 6.59. The Morgan fingerprint density at radius 2 is 2.04 bits per heavy atom. The van der Waals surface area contributed by atoms with Gasteiger partial charge in [-0.15, -0.1) is 0 Å². The second-order valence-corrected chi connectivity index (χ2v) is 6.59. The van der Waals surface area contributed by atoms with Crippen molar-refractivity contribution in [2.75, 3.05) is 23.3 Å². The van der Waals surface area contributed by atoms with Crippen molar-refractivity contribution in [2.24, 2.45) is 0 Å². The van der Waals surface area contributed by atoms with E-state index in [-0.39, 0.29) is 11.3 Å². The Morgan fingerprint density at radius 1 is 1.28 bits per heavy atom. The van der Waals surface area contributed by atoms with Gasteiger partial charge in [-0.2, -0.15) is 5.10 Å². The van der Waals surface area contributed by atoms with E-state index in [2.05, 4.69) is 15.5 Å². The first-order valence-corrected chi connectivity index (χ1v) is 8.52. The number of H-pyrrole nitrogens is 1. The normalized spacial score (nSPS) is 16.9. The molecule has 1 amide bonds. The van der Waals surface area contributed by atoms with Crippen molar-refractivity contribution in [3.8, 4) is 0 Å². The molecule has 4 rings (SSSR count). The summed E-state index contributed by atoms with van der Waals surface area (Å²) in [5, 5.41) is 21.1. The second kappa shape index (κ2) is 6.19. The predicted molar refractivity (Wildman–Crippen MR) is 93.1 cm³/mol. The number of amides is 1. The molecule has 2 heterocycles. The number of nitrogens with zero attached hydrogens (tertiary/aromatic N) is 3. The monoisotopic (exact) mass is 341 g/mol. The zero-order chi connectivity index (χ0) is 17.4. The fraction of sp³-hybridized carbons (Fsp3) is 0.412. The van der Waals surface area contributed by atoms with E-state index >= 15 is 0 Å². The van der Waals surface area contributed by atoms with Crippen molar-refractivity contribution in [3.05, 3.63) is 45.6 Å². The largest absolute Gasteiger partial charge is 0.366 e. The standard InChI is InChI=1S/C17H19N5O3/c23-17(18-16-10-13(19-20-16)11-3-4-11)12-5-6-14(15(9-12)22(24)25)21-7-1-2-8-21/h5-6,9-11H,1-4,7-8H2,(H2,18,19,20,23).